The third-order valence-corrected chi connectivity index (χ3v) is 7.32. The Morgan fingerprint density at radius 2 is 1.62 bits per heavy atom. The average molecular weight is 532 g/mol. The first kappa shape index (κ1) is 28.4. The van der Waals surface area contributed by atoms with Gasteiger partial charge in [-0.15, -0.1) is 0 Å². The number of nitrogens with two attached hydrogens (primary N) is 1. The van der Waals surface area contributed by atoms with E-state index in [1.165, 1.54) is 11.1 Å². The lowest BCUT2D eigenvalue weighted by atomic mass is 9.84. The first-order valence-electron chi connectivity index (χ1n) is 13.9. The number of amides is 2. The van der Waals surface area contributed by atoms with Crippen molar-refractivity contribution in [1.82, 2.24) is 10.6 Å². The molecule has 0 heterocycles. The molecule has 0 saturated carbocycles. The minimum atomic E-state index is -0.534. The van der Waals surface area contributed by atoms with Gasteiger partial charge in [0, 0.05) is 18.4 Å². The number of nitrogens with one attached hydrogen (secondary N) is 2. The van der Waals surface area contributed by atoms with Gasteiger partial charge in [0.25, 0.3) is 0 Å². The van der Waals surface area contributed by atoms with Gasteiger partial charge in [-0.1, -0.05) is 78.9 Å². The summed E-state index contributed by atoms with van der Waals surface area (Å²) in [6.45, 7) is 6.28. The van der Waals surface area contributed by atoms with E-state index in [2.05, 4.69) is 53.1 Å². The van der Waals surface area contributed by atoms with Crippen LogP contribution in [0.25, 0.3) is 0 Å². The van der Waals surface area contributed by atoms with E-state index in [0.717, 1.165) is 18.4 Å². The molecule has 2 amide bonds. The van der Waals surface area contributed by atoms with Crippen molar-refractivity contribution in [2.24, 2.45) is 11.7 Å². The largest absolute Gasteiger partial charge is 0.449 e. The Kier molecular flexibility index (Phi) is 9.46. The normalized spacial score (nSPS) is 20.9. The fourth-order valence-electron chi connectivity index (χ4n) is 5.48. The van der Waals surface area contributed by atoms with Gasteiger partial charge in [0.15, 0.2) is 0 Å². The van der Waals surface area contributed by atoms with E-state index in [-0.39, 0.29) is 23.9 Å². The van der Waals surface area contributed by atoms with Crippen LogP contribution in [0.3, 0.4) is 0 Å². The minimum absolute atomic E-state index is 0.110. The molecule has 5 atom stereocenters. The number of benzene rings is 2. The number of rotatable bonds is 10. The van der Waals surface area contributed by atoms with Crippen molar-refractivity contribution in [3.8, 4) is 0 Å². The van der Waals surface area contributed by atoms with E-state index < -0.39 is 17.8 Å². The number of ether oxygens (including phenoxy) is 2. The molecule has 2 aliphatic carbocycles. The molecule has 7 nitrogen and oxygen atoms in total. The molecule has 0 radical (unpaired) electrons. The lowest BCUT2D eigenvalue weighted by Gasteiger charge is -2.26. The van der Waals surface area contributed by atoms with Crippen LogP contribution in [0.1, 0.15) is 74.6 Å². The molecule has 4 N–H and O–H groups in total. The van der Waals surface area contributed by atoms with E-state index in [4.69, 9.17) is 15.2 Å². The number of carbonyl (C=O) groups excluding carboxylic acids is 2. The molecule has 0 aromatic heterocycles. The van der Waals surface area contributed by atoms with Crippen LogP contribution in [0.4, 0.5) is 9.59 Å². The molecule has 5 unspecified atom stereocenters. The summed E-state index contributed by atoms with van der Waals surface area (Å²) in [5.74, 6) is 0.703. The second-order valence-electron chi connectivity index (χ2n) is 11.3. The predicted octanol–water partition coefficient (Wildman–Crippen LogP) is 6.10. The highest BCUT2D eigenvalue weighted by atomic mass is 16.6. The zero-order chi connectivity index (χ0) is 27.8. The Morgan fingerprint density at radius 1 is 0.923 bits per heavy atom. The molecule has 39 heavy (non-hydrogen) atoms. The van der Waals surface area contributed by atoms with E-state index in [0.29, 0.717) is 25.5 Å². The van der Waals surface area contributed by atoms with Gasteiger partial charge in [-0.2, -0.15) is 0 Å². The maximum atomic E-state index is 13.0. The van der Waals surface area contributed by atoms with Crippen molar-refractivity contribution in [2.45, 2.75) is 69.6 Å². The summed E-state index contributed by atoms with van der Waals surface area (Å²) in [4.78, 5) is 24.9. The molecule has 2 aliphatic rings. The molecule has 2 aromatic carbocycles. The Balaban J connectivity index is 1.33. The molecule has 7 heteroatoms. The lowest BCUT2D eigenvalue weighted by Crippen LogP contribution is -2.43. The second-order valence-corrected chi connectivity index (χ2v) is 11.3. The van der Waals surface area contributed by atoms with Gasteiger partial charge in [-0.25, -0.2) is 9.59 Å². The molecule has 0 saturated heterocycles. The second kappa shape index (κ2) is 13.0. The number of fused-ring (bicyclic) bond motifs is 3. The zero-order valence-corrected chi connectivity index (χ0v) is 23.1. The SMILES string of the molecule is CC(C)(C)OC(=O)NCCCCC(NC(=O)OCC1c2ccccc2C2C=CC=CC21)C(N)c1ccccc1. The van der Waals surface area contributed by atoms with Gasteiger partial charge < -0.3 is 25.8 Å². The Morgan fingerprint density at radius 3 is 2.36 bits per heavy atom. The molecule has 208 valence electrons. The number of carbonyl (C=O) groups is 2. The average Bonchev–Trinajstić information content (AvgIpc) is 3.24. The summed E-state index contributed by atoms with van der Waals surface area (Å²) in [5, 5.41) is 5.82. The van der Waals surface area contributed by atoms with Gasteiger partial charge in [-0.05, 0) is 62.6 Å². The van der Waals surface area contributed by atoms with Crippen molar-refractivity contribution >= 4 is 12.2 Å². The van der Waals surface area contributed by atoms with E-state index >= 15 is 0 Å². The highest BCUT2D eigenvalue weighted by molar-refractivity contribution is 5.68. The topological polar surface area (TPSA) is 103 Å². The molecular weight excluding hydrogens is 490 g/mol. The van der Waals surface area contributed by atoms with E-state index in [9.17, 15) is 9.59 Å². The molecule has 4 rings (SSSR count). The molecule has 0 aliphatic heterocycles. The number of hydrogen-bond donors (Lipinski definition) is 3. The predicted molar refractivity (Wildman–Crippen MR) is 153 cm³/mol. The Labute approximate surface area is 231 Å². The van der Waals surface area contributed by atoms with Crippen LogP contribution >= 0.6 is 0 Å². The maximum Gasteiger partial charge on any atom is 0.407 e. The molecule has 0 bridgehead atoms. The molecule has 0 spiro atoms. The van der Waals surface area contributed by atoms with Gasteiger partial charge in [0.2, 0.25) is 0 Å². The van der Waals surface area contributed by atoms with Crippen molar-refractivity contribution < 1.29 is 19.1 Å². The number of unbranched alkanes of at least 4 members (excludes halogenated alkanes) is 1. The van der Waals surface area contributed by atoms with Crippen LogP contribution in [-0.2, 0) is 9.47 Å². The summed E-state index contributed by atoms with van der Waals surface area (Å²) in [6.07, 6.45) is 9.86. The third kappa shape index (κ3) is 7.73. The summed E-state index contributed by atoms with van der Waals surface area (Å²) >= 11 is 0. The minimum Gasteiger partial charge on any atom is -0.449 e. The van der Waals surface area contributed by atoms with Crippen molar-refractivity contribution in [3.05, 3.63) is 95.6 Å². The van der Waals surface area contributed by atoms with Crippen LogP contribution in [0.15, 0.2) is 78.9 Å². The quantitative estimate of drug-likeness (QED) is 0.322. The molecule has 2 aromatic rings. The summed E-state index contributed by atoms with van der Waals surface area (Å²) < 4.78 is 11.1. The molecule has 0 fully saturated rings. The van der Waals surface area contributed by atoms with Gasteiger partial charge in [-0.3, -0.25) is 0 Å². The summed E-state index contributed by atoms with van der Waals surface area (Å²) in [6, 6.07) is 17.5. The maximum absolute atomic E-state index is 13.0. The monoisotopic (exact) mass is 531 g/mol. The molecular formula is C32H41N3O4. The third-order valence-electron chi connectivity index (χ3n) is 7.32. The Hall–Kier alpha value is -3.58. The van der Waals surface area contributed by atoms with Crippen molar-refractivity contribution in [1.29, 1.82) is 0 Å². The first-order valence-corrected chi connectivity index (χ1v) is 13.9. The summed E-state index contributed by atoms with van der Waals surface area (Å²) in [5.41, 5.74) is 9.57. The fourth-order valence-corrected chi connectivity index (χ4v) is 5.48. The van der Waals surface area contributed by atoms with Crippen LogP contribution in [0, 0.1) is 5.92 Å². The number of alkyl carbamates (subject to hydrolysis) is 2. The zero-order valence-electron chi connectivity index (χ0n) is 23.1. The first-order chi connectivity index (χ1) is 18.7. The van der Waals surface area contributed by atoms with Crippen LogP contribution in [-0.4, -0.2) is 37.0 Å². The highest BCUT2D eigenvalue weighted by Crippen LogP contribution is 2.49. The van der Waals surface area contributed by atoms with Crippen LogP contribution < -0.4 is 16.4 Å². The van der Waals surface area contributed by atoms with Gasteiger partial charge in [0.1, 0.15) is 12.2 Å². The number of allylic oxidation sites excluding steroid dienone is 4. The van der Waals surface area contributed by atoms with Crippen molar-refractivity contribution in [2.75, 3.05) is 13.2 Å². The smallest absolute Gasteiger partial charge is 0.407 e. The van der Waals surface area contributed by atoms with Gasteiger partial charge in [0.05, 0.1) is 12.1 Å². The highest BCUT2D eigenvalue weighted by Gasteiger charge is 2.39. The van der Waals surface area contributed by atoms with E-state index in [1.54, 1.807) is 0 Å². The van der Waals surface area contributed by atoms with E-state index in [1.807, 2.05) is 57.2 Å². The Bertz CT molecular complexity index is 1170. The van der Waals surface area contributed by atoms with Crippen molar-refractivity contribution in [3.63, 3.8) is 0 Å². The lowest BCUT2D eigenvalue weighted by molar-refractivity contribution is 0.0527. The van der Waals surface area contributed by atoms with Crippen LogP contribution in [0.5, 0.6) is 0 Å². The summed E-state index contributed by atoms with van der Waals surface area (Å²) in [7, 11) is 0. The number of hydrogen-bond acceptors (Lipinski definition) is 5. The van der Waals surface area contributed by atoms with Crippen LogP contribution in [0.2, 0.25) is 0 Å². The van der Waals surface area contributed by atoms with Gasteiger partial charge >= 0.3 is 12.2 Å². The fraction of sp³-hybridized carbons (Fsp3) is 0.438. The standard InChI is InChI=1S/C32H41N3O4/c1-32(2,3)39-30(36)34-20-12-11-19-28(29(33)22-13-5-4-6-14-22)35-31(37)38-21-27-25-17-9-7-15-23(25)24-16-8-10-18-26(24)27/h4-10,13-18,23,25,27-29H,11-12,19-21,33H2,1-3H3,(H,34,36)(H,35,37).